The van der Waals surface area contributed by atoms with E-state index in [0.29, 0.717) is 6.54 Å². The lowest BCUT2D eigenvalue weighted by molar-refractivity contribution is -0.151. The van der Waals surface area contributed by atoms with Crippen LogP contribution in [0.4, 0.5) is 0 Å². The summed E-state index contributed by atoms with van der Waals surface area (Å²) in [6, 6.07) is 7.68. The minimum Gasteiger partial charge on any atom is -0.481 e. The van der Waals surface area contributed by atoms with Crippen molar-refractivity contribution in [2.24, 2.45) is 11.3 Å². The fourth-order valence-corrected chi connectivity index (χ4v) is 4.44. The van der Waals surface area contributed by atoms with Gasteiger partial charge in [0.25, 0.3) is 11.8 Å². The first kappa shape index (κ1) is 20.2. The first-order chi connectivity index (χ1) is 14.4. The highest BCUT2D eigenvalue weighted by atomic mass is 16.4. The van der Waals surface area contributed by atoms with E-state index in [4.69, 9.17) is 0 Å². The molecule has 1 saturated carbocycles. The van der Waals surface area contributed by atoms with Gasteiger partial charge in [0, 0.05) is 43.8 Å². The normalized spacial score (nSPS) is 21.6. The van der Waals surface area contributed by atoms with Crippen molar-refractivity contribution in [1.82, 2.24) is 14.8 Å². The van der Waals surface area contributed by atoms with Gasteiger partial charge in [-0.15, -0.1) is 0 Å². The average molecular weight is 411 g/mol. The summed E-state index contributed by atoms with van der Waals surface area (Å²) < 4.78 is 1.92. The van der Waals surface area contributed by atoms with Crippen molar-refractivity contribution >= 4 is 28.7 Å². The molecule has 0 bridgehead atoms. The van der Waals surface area contributed by atoms with Crippen LogP contribution >= 0.6 is 0 Å². The third-order valence-electron chi connectivity index (χ3n) is 6.12. The molecule has 1 aliphatic carbocycles. The fourth-order valence-electron chi connectivity index (χ4n) is 4.44. The Hall–Kier alpha value is -3.13. The molecule has 158 valence electrons. The number of carbonyl (C=O) groups excluding carboxylic acids is 2. The van der Waals surface area contributed by atoms with Gasteiger partial charge in [0.05, 0.1) is 6.61 Å². The summed E-state index contributed by atoms with van der Waals surface area (Å²) in [6.45, 7) is 0.618. The summed E-state index contributed by atoms with van der Waals surface area (Å²) in [5.41, 5.74) is 0.414. The van der Waals surface area contributed by atoms with Gasteiger partial charge in [-0.05, 0) is 36.5 Å². The molecule has 4 rings (SSSR count). The van der Waals surface area contributed by atoms with Gasteiger partial charge in [-0.3, -0.25) is 14.4 Å². The molecule has 1 unspecified atom stereocenters. The van der Waals surface area contributed by atoms with Crippen LogP contribution in [0.3, 0.4) is 0 Å². The predicted molar refractivity (Wildman–Crippen MR) is 109 cm³/mol. The van der Waals surface area contributed by atoms with E-state index in [1.807, 2.05) is 35.0 Å². The Morgan fingerprint density at radius 3 is 2.63 bits per heavy atom. The molecule has 8 heteroatoms. The maximum Gasteiger partial charge on any atom is 0.315 e. The standard InChI is InChI=1S/C22H25N3O5/c1-23-19(27)17-10-22(21(29)30,15-6-7-15)13-25(20(17)28)12-14-11-24(8-9-26)18-5-3-2-4-16(14)18/h2-5,10-11,15,26H,6-9,12-13H2,1H3,(H,23,27)(H,29,30). The summed E-state index contributed by atoms with van der Waals surface area (Å²) in [5.74, 6) is -2.13. The van der Waals surface area contributed by atoms with Crippen LogP contribution in [0.25, 0.3) is 10.9 Å². The van der Waals surface area contributed by atoms with Crippen LogP contribution in [0.5, 0.6) is 0 Å². The van der Waals surface area contributed by atoms with Crippen molar-refractivity contribution in [2.45, 2.75) is 25.9 Å². The van der Waals surface area contributed by atoms with Crippen molar-refractivity contribution < 1.29 is 24.6 Å². The zero-order valence-electron chi connectivity index (χ0n) is 16.8. The molecule has 2 aliphatic rings. The monoisotopic (exact) mass is 411 g/mol. The van der Waals surface area contributed by atoms with Crippen molar-refractivity contribution in [1.29, 1.82) is 0 Å². The predicted octanol–water partition coefficient (Wildman–Crippen LogP) is 1.13. The summed E-state index contributed by atoms with van der Waals surface area (Å²) in [4.78, 5) is 39.2. The molecule has 2 heterocycles. The van der Waals surface area contributed by atoms with Crippen LogP contribution in [0.15, 0.2) is 42.1 Å². The Morgan fingerprint density at radius 1 is 1.27 bits per heavy atom. The van der Waals surface area contributed by atoms with Gasteiger partial charge in [0.1, 0.15) is 11.0 Å². The lowest BCUT2D eigenvalue weighted by atomic mass is 9.77. The van der Waals surface area contributed by atoms with E-state index in [0.717, 1.165) is 29.3 Å². The van der Waals surface area contributed by atoms with Gasteiger partial charge in [0.2, 0.25) is 0 Å². The number of fused-ring (bicyclic) bond motifs is 1. The summed E-state index contributed by atoms with van der Waals surface area (Å²) in [7, 11) is 1.43. The maximum absolute atomic E-state index is 13.1. The van der Waals surface area contributed by atoms with Crippen LogP contribution < -0.4 is 5.32 Å². The number of carboxylic acid groups (broad SMARTS) is 1. The highest BCUT2D eigenvalue weighted by Crippen LogP contribution is 2.49. The number of hydrogen-bond donors (Lipinski definition) is 3. The Morgan fingerprint density at radius 2 is 2.00 bits per heavy atom. The zero-order chi connectivity index (χ0) is 21.5. The Labute approximate surface area is 173 Å². The number of nitrogens with zero attached hydrogens (tertiary/aromatic N) is 2. The van der Waals surface area contributed by atoms with Crippen LogP contribution in [-0.4, -0.2) is 57.7 Å². The topological polar surface area (TPSA) is 112 Å². The number of nitrogens with one attached hydrogen (secondary N) is 1. The van der Waals surface area contributed by atoms with Crippen LogP contribution in [0.1, 0.15) is 18.4 Å². The third-order valence-corrected chi connectivity index (χ3v) is 6.12. The van der Waals surface area contributed by atoms with Gasteiger partial charge < -0.3 is 25.0 Å². The largest absolute Gasteiger partial charge is 0.481 e. The Kier molecular flexibility index (Phi) is 5.11. The number of aliphatic hydroxyl groups excluding tert-OH is 1. The highest BCUT2D eigenvalue weighted by Gasteiger charge is 2.54. The lowest BCUT2D eigenvalue weighted by Gasteiger charge is -2.38. The number of amides is 2. The molecule has 0 saturated heterocycles. The van der Waals surface area contributed by atoms with E-state index in [9.17, 15) is 24.6 Å². The van der Waals surface area contributed by atoms with Crippen LogP contribution in [-0.2, 0) is 27.5 Å². The minimum absolute atomic E-state index is 0.0197. The number of rotatable bonds is 7. The first-order valence-corrected chi connectivity index (χ1v) is 10.1. The van der Waals surface area contributed by atoms with E-state index in [1.54, 1.807) is 0 Å². The number of benzene rings is 1. The van der Waals surface area contributed by atoms with Crippen LogP contribution in [0.2, 0.25) is 0 Å². The number of para-hydroxylation sites is 1. The highest BCUT2D eigenvalue weighted by molar-refractivity contribution is 6.19. The van der Waals surface area contributed by atoms with E-state index < -0.39 is 23.2 Å². The SMILES string of the molecule is CNC(=O)C1=CC(C(=O)O)(C2CC2)CN(Cc2cn(CCO)c3ccccc23)C1=O. The molecule has 1 aromatic heterocycles. The van der Waals surface area contributed by atoms with Gasteiger partial charge >= 0.3 is 5.97 Å². The van der Waals surface area contributed by atoms with Crippen molar-refractivity contribution in [3.05, 3.63) is 47.7 Å². The Bertz CT molecular complexity index is 1050. The van der Waals surface area contributed by atoms with E-state index in [-0.39, 0.29) is 31.2 Å². The molecular weight excluding hydrogens is 386 g/mol. The van der Waals surface area contributed by atoms with Gasteiger partial charge in [-0.2, -0.15) is 0 Å². The van der Waals surface area contributed by atoms with Crippen molar-refractivity contribution in [3.63, 3.8) is 0 Å². The smallest absolute Gasteiger partial charge is 0.315 e. The summed E-state index contributed by atoms with van der Waals surface area (Å²) in [5, 5.41) is 22.8. The quantitative estimate of drug-likeness (QED) is 0.592. The molecule has 3 N–H and O–H groups in total. The molecule has 1 fully saturated rings. The van der Waals surface area contributed by atoms with E-state index >= 15 is 0 Å². The molecule has 1 aliphatic heterocycles. The second kappa shape index (κ2) is 7.60. The molecule has 2 amide bonds. The number of aliphatic carboxylic acids is 1. The molecule has 1 aromatic carbocycles. The first-order valence-electron chi connectivity index (χ1n) is 10.1. The number of carboxylic acids is 1. The zero-order valence-corrected chi connectivity index (χ0v) is 16.8. The van der Waals surface area contributed by atoms with Gasteiger partial charge in [-0.25, -0.2) is 0 Å². The molecule has 1 atom stereocenters. The maximum atomic E-state index is 13.1. The molecule has 2 aromatic rings. The number of aliphatic hydroxyl groups is 1. The second-order valence-electron chi connectivity index (χ2n) is 8.01. The summed E-state index contributed by atoms with van der Waals surface area (Å²) in [6.07, 6.45) is 4.79. The molecular formula is C22H25N3O5. The van der Waals surface area contributed by atoms with Gasteiger partial charge in [-0.1, -0.05) is 18.2 Å². The minimum atomic E-state index is -1.25. The molecule has 0 spiro atoms. The second-order valence-corrected chi connectivity index (χ2v) is 8.01. The number of likely N-dealkylation sites (N-methyl/N-ethyl adjacent to an activating group) is 1. The Balaban J connectivity index is 1.75. The van der Waals surface area contributed by atoms with E-state index in [2.05, 4.69) is 5.32 Å². The average Bonchev–Trinajstić information content (AvgIpc) is 3.54. The number of aromatic nitrogens is 1. The summed E-state index contributed by atoms with van der Waals surface area (Å²) >= 11 is 0. The lowest BCUT2D eigenvalue weighted by Crippen LogP contribution is -2.52. The third kappa shape index (κ3) is 3.27. The molecule has 8 nitrogen and oxygen atoms in total. The van der Waals surface area contributed by atoms with E-state index in [1.165, 1.54) is 18.0 Å². The number of carbonyl (C=O) groups is 3. The van der Waals surface area contributed by atoms with Gasteiger partial charge in [0.15, 0.2) is 0 Å². The number of hydrogen-bond acceptors (Lipinski definition) is 4. The van der Waals surface area contributed by atoms with Crippen molar-refractivity contribution in [2.75, 3.05) is 20.2 Å². The van der Waals surface area contributed by atoms with Crippen LogP contribution in [0, 0.1) is 11.3 Å². The molecule has 30 heavy (non-hydrogen) atoms. The molecule has 0 radical (unpaired) electrons. The fraction of sp³-hybridized carbons (Fsp3) is 0.409. The van der Waals surface area contributed by atoms with Crippen molar-refractivity contribution in [3.8, 4) is 0 Å².